The van der Waals surface area contributed by atoms with Gasteiger partial charge in [0.1, 0.15) is 23.3 Å². The maximum atomic E-state index is 14.9. The number of aliphatic carboxylic acids is 2. The molecule has 0 saturated carbocycles. The zero-order valence-electron chi connectivity index (χ0n) is 40.5. The Kier molecular flexibility index (Phi) is 22.2. The number of likely N-dealkylation sites (N-methyl/N-ethyl adjacent to an activating group) is 1. The predicted molar refractivity (Wildman–Crippen MR) is 254 cm³/mol. The van der Waals surface area contributed by atoms with Gasteiger partial charge in [0, 0.05) is 43.0 Å². The molecule has 368 valence electrons. The van der Waals surface area contributed by atoms with Crippen LogP contribution in [0.4, 0.5) is 5.69 Å². The van der Waals surface area contributed by atoms with Crippen molar-refractivity contribution in [2.45, 2.75) is 156 Å². The van der Waals surface area contributed by atoms with Crippen LogP contribution in [0.2, 0.25) is 0 Å². The van der Waals surface area contributed by atoms with Crippen LogP contribution in [-0.4, -0.2) is 124 Å². The number of likely N-dealkylation sites (tertiary alicyclic amines) is 1. The molecule has 1 aromatic heterocycles. The van der Waals surface area contributed by atoms with E-state index in [-0.39, 0.29) is 61.2 Å². The summed E-state index contributed by atoms with van der Waals surface area (Å²) in [5.74, 6) is -4.59. The normalized spacial score (nSPS) is 16.6. The number of piperidine rings is 1. The highest BCUT2D eigenvalue weighted by Crippen LogP contribution is 2.33. The van der Waals surface area contributed by atoms with Gasteiger partial charge in [-0.2, -0.15) is 0 Å². The lowest BCUT2D eigenvalue weighted by molar-refractivity contribution is -0.150. The number of amides is 4. The molecule has 66 heavy (non-hydrogen) atoms. The third kappa shape index (κ3) is 16.4. The van der Waals surface area contributed by atoms with Crippen molar-refractivity contribution in [1.82, 2.24) is 25.4 Å². The van der Waals surface area contributed by atoms with E-state index in [1.807, 2.05) is 44.5 Å². The Morgan fingerprint density at radius 3 is 2.24 bits per heavy atom. The highest BCUT2D eigenvalue weighted by atomic mass is 32.1. The average molecular weight is 942 g/mol. The SMILES string of the molecule is CCCCCCN(C(=O)[C@@H](NC(=O)[C@H]1CCCCN1C)[C@@H](C)CC)[C@H](C[C@@H](OC(C)=O)c1nc(C(=O)N[C@@H](Cc2ccc(N(CC(=O)O)C(=O)CN)cc2)CC(C)(C)C(=O)O)cs1)C(C)C. The van der Waals surface area contributed by atoms with Crippen molar-refractivity contribution in [3.05, 3.63) is 45.9 Å². The fourth-order valence-corrected chi connectivity index (χ4v) is 9.23. The molecule has 0 bridgehead atoms. The van der Waals surface area contributed by atoms with Crippen molar-refractivity contribution in [3.63, 3.8) is 0 Å². The molecule has 18 heteroatoms. The number of carboxylic acid groups (broad SMARTS) is 2. The smallest absolute Gasteiger partial charge is 0.323 e. The summed E-state index contributed by atoms with van der Waals surface area (Å²) < 4.78 is 5.92. The van der Waals surface area contributed by atoms with E-state index < -0.39 is 65.9 Å². The van der Waals surface area contributed by atoms with Crippen LogP contribution in [0.1, 0.15) is 147 Å². The molecule has 2 aromatic rings. The predicted octanol–water partition coefficient (Wildman–Crippen LogP) is 5.80. The number of nitrogens with zero attached hydrogens (tertiary/aromatic N) is 4. The lowest BCUT2D eigenvalue weighted by Gasteiger charge is -2.40. The molecule has 1 saturated heterocycles. The summed E-state index contributed by atoms with van der Waals surface area (Å²) in [7, 11) is 1.94. The summed E-state index contributed by atoms with van der Waals surface area (Å²) in [5, 5.41) is 27.4. The topological polar surface area (TPSA) is 242 Å². The largest absolute Gasteiger partial charge is 0.481 e. The first-order valence-corrected chi connectivity index (χ1v) is 24.3. The summed E-state index contributed by atoms with van der Waals surface area (Å²) in [6.07, 6.45) is 6.50. The standard InChI is InChI=1S/C48H75N7O10S/c1-10-12-13-15-23-54(46(62)42(31(5)11-2)52-44(61)37-17-14-16-22-53(37)9)38(30(3)4)25-39(65-32(6)56)45-51-36(29-66-45)43(60)50-34(26-48(7,8)47(63)64)24-33-18-20-35(21-19-33)55(28-41(58)59)40(57)27-49/h18-21,29-31,34,37-39,42H,10-17,22-28,49H2,1-9H3,(H,50,60)(H,52,61)(H,58,59)(H,63,64)/t31-,34-,37+,38+,39+,42-/m0/s1. The number of esters is 1. The van der Waals surface area contributed by atoms with E-state index >= 15 is 0 Å². The number of ether oxygens (including phenoxy) is 1. The summed E-state index contributed by atoms with van der Waals surface area (Å²) in [6, 6.07) is 4.24. The van der Waals surface area contributed by atoms with E-state index in [0.717, 1.165) is 67.7 Å². The van der Waals surface area contributed by atoms with Crippen molar-refractivity contribution < 1.29 is 48.5 Å². The van der Waals surface area contributed by atoms with E-state index in [2.05, 4.69) is 22.5 Å². The van der Waals surface area contributed by atoms with Gasteiger partial charge in [0.25, 0.3) is 5.91 Å². The minimum atomic E-state index is -1.24. The van der Waals surface area contributed by atoms with Crippen molar-refractivity contribution in [1.29, 1.82) is 0 Å². The summed E-state index contributed by atoms with van der Waals surface area (Å²) in [6.45, 7) is 14.8. The molecule has 4 amide bonds. The quantitative estimate of drug-likeness (QED) is 0.0526. The van der Waals surface area contributed by atoms with Crippen LogP contribution in [0.3, 0.4) is 0 Å². The van der Waals surface area contributed by atoms with Crippen molar-refractivity contribution in [2.75, 3.05) is 38.1 Å². The van der Waals surface area contributed by atoms with Gasteiger partial charge in [0.2, 0.25) is 17.7 Å². The highest BCUT2D eigenvalue weighted by Gasteiger charge is 2.39. The van der Waals surface area contributed by atoms with E-state index in [1.165, 1.54) is 6.92 Å². The minimum absolute atomic E-state index is 0.0334. The molecular formula is C48H75N7O10S. The number of rotatable bonds is 27. The third-order valence-electron chi connectivity index (χ3n) is 12.5. The molecule has 1 aromatic carbocycles. The number of nitrogens with two attached hydrogens (primary N) is 1. The second-order valence-electron chi connectivity index (χ2n) is 18.7. The van der Waals surface area contributed by atoms with Crippen molar-refractivity contribution in [2.24, 2.45) is 23.0 Å². The molecule has 0 spiro atoms. The Balaban J connectivity index is 1.95. The van der Waals surface area contributed by atoms with Crippen LogP contribution in [-0.2, 0) is 39.9 Å². The summed E-state index contributed by atoms with van der Waals surface area (Å²) >= 11 is 1.14. The van der Waals surface area contributed by atoms with Gasteiger partial charge in [-0.05, 0) is 89.1 Å². The lowest BCUT2D eigenvalue weighted by atomic mass is 9.84. The number of unbranched alkanes of at least 4 members (excludes halogenated alkanes) is 3. The maximum absolute atomic E-state index is 14.9. The number of hydrogen-bond donors (Lipinski definition) is 5. The molecule has 3 rings (SSSR count). The number of benzene rings is 1. The third-order valence-corrected chi connectivity index (χ3v) is 13.5. The number of carbonyl (C=O) groups is 7. The molecule has 17 nitrogen and oxygen atoms in total. The average Bonchev–Trinajstić information content (AvgIpc) is 3.76. The van der Waals surface area contributed by atoms with Crippen LogP contribution in [0.15, 0.2) is 29.6 Å². The number of carboxylic acids is 2. The number of nitrogens with one attached hydrogen (secondary N) is 2. The summed E-state index contributed by atoms with van der Waals surface area (Å²) in [4.78, 5) is 101. The second-order valence-corrected chi connectivity index (χ2v) is 19.6. The van der Waals surface area contributed by atoms with E-state index in [0.29, 0.717) is 29.2 Å². The Morgan fingerprint density at radius 2 is 1.68 bits per heavy atom. The molecule has 6 atom stereocenters. The Hall–Kier alpha value is -4.94. The fraction of sp³-hybridized carbons (Fsp3) is 0.667. The molecule has 1 aliphatic heterocycles. The number of hydrogen-bond acceptors (Lipinski definition) is 12. The number of thiazole rings is 1. The molecule has 1 aliphatic rings. The Morgan fingerprint density at radius 1 is 1.00 bits per heavy atom. The number of aromatic nitrogens is 1. The molecule has 1 fully saturated rings. The zero-order valence-corrected chi connectivity index (χ0v) is 41.3. The maximum Gasteiger partial charge on any atom is 0.323 e. The fourth-order valence-electron chi connectivity index (χ4n) is 8.39. The van der Waals surface area contributed by atoms with Gasteiger partial charge in [-0.1, -0.05) is 78.9 Å². The monoisotopic (exact) mass is 942 g/mol. The summed E-state index contributed by atoms with van der Waals surface area (Å²) in [5.41, 5.74) is 5.30. The van der Waals surface area contributed by atoms with Gasteiger partial charge in [-0.3, -0.25) is 38.5 Å². The van der Waals surface area contributed by atoms with Crippen molar-refractivity contribution in [3.8, 4) is 0 Å². The number of anilines is 1. The van der Waals surface area contributed by atoms with Crippen LogP contribution in [0.25, 0.3) is 0 Å². The first-order valence-electron chi connectivity index (χ1n) is 23.4. The van der Waals surface area contributed by atoms with E-state index in [9.17, 15) is 43.8 Å². The zero-order chi connectivity index (χ0) is 49.3. The molecule has 2 heterocycles. The van der Waals surface area contributed by atoms with Crippen LogP contribution in [0, 0.1) is 17.3 Å². The highest BCUT2D eigenvalue weighted by molar-refractivity contribution is 7.09. The number of carbonyl (C=O) groups excluding carboxylic acids is 5. The van der Waals surface area contributed by atoms with Gasteiger partial charge in [0.15, 0.2) is 6.10 Å². The molecule has 6 N–H and O–H groups in total. The van der Waals surface area contributed by atoms with Gasteiger partial charge in [-0.15, -0.1) is 11.3 Å². The van der Waals surface area contributed by atoms with Gasteiger partial charge in [-0.25, -0.2) is 4.98 Å². The minimum Gasteiger partial charge on any atom is -0.481 e. The molecule has 0 radical (unpaired) electrons. The Bertz CT molecular complexity index is 1940. The van der Waals surface area contributed by atoms with Crippen LogP contribution >= 0.6 is 11.3 Å². The van der Waals surface area contributed by atoms with E-state index in [1.54, 1.807) is 43.5 Å². The van der Waals surface area contributed by atoms with Crippen LogP contribution < -0.4 is 21.3 Å². The first kappa shape index (κ1) is 55.4. The van der Waals surface area contributed by atoms with Crippen LogP contribution in [0.5, 0.6) is 0 Å². The van der Waals surface area contributed by atoms with E-state index in [4.69, 9.17) is 10.5 Å². The second kappa shape index (κ2) is 26.4. The van der Waals surface area contributed by atoms with Crippen molar-refractivity contribution >= 4 is 58.6 Å². The lowest BCUT2D eigenvalue weighted by Crippen LogP contribution is -2.59. The van der Waals surface area contributed by atoms with Gasteiger partial charge < -0.3 is 41.1 Å². The first-order chi connectivity index (χ1) is 31.1. The molecular weight excluding hydrogens is 867 g/mol. The molecule has 0 unspecified atom stereocenters. The Labute approximate surface area is 394 Å². The molecule has 0 aliphatic carbocycles. The van der Waals surface area contributed by atoms with Gasteiger partial charge in [0.05, 0.1) is 18.0 Å². The van der Waals surface area contributed by atoms with Gasteiger partial charge >= 0.3 is 17.9 Å².